The molecule has 64 valence electrons. The van der Waals surface area contributed by atoms with Crippen molar-refractivity contribution >= 4 is 12.0 Å². The van der Waals surface area contributed by atoms with Crippen LogP contribution in [0, 0.1) is 5.92 Å². The smallest absolute Gasteiger partial charge is 0.173 e. The Morgan fingerprint density at radius 2 is 1.91 bits per heavy atom. The van der Waals surface area contributed by atoms with E-state index in [9.17, 15) is 4.79 Å². The van der Waals surface area contributed by atoms with E-state index >= 15 is 0 Å². The molecule has 2 nitrogen and oxygen atoms in total. The van der Waals surface area contributed by atoms with Crippen molar-refractivity contribution in [1.29, 1.82) is 0 Å². The zero-order valence-corrected chi connectivity index (χ0v) is 7.79. The molecule has 0 saturated carbocycles. The Morgan fingerprint density at radius 3 is 2.27 bits per heavy atom. The average molecular weight is 155 g/mol. The lowest BCUT2D eigenvalue weighted by Crippen LogP contribution is -2.05. The highest BCUT2D eigenvalue weighted by Crippen LogP contribution is 1.98. The third-order valence-electron chi connectivity index (χ3n) is 1.13. The number of hydrogen-bond acceptors (Lipinski definition) is 2. The third kappa shape index (κ3) is 7.23. The van der Waals surface area contributed by atoms with Crippen LogP contribution in [0.15, 0.2) is 4.99 Å². The first-order valence-corrected chi connectivity index (χ1v) is 4.08. The molecular formula is C9H17NO. The minimum Gasteiger partial charge on any atom is -0.293 e. The van der Waals surface area contributed by atoms with Crippen molar-refractivity contribution in [3.8, 4) is 0 Å². The monoisotopic (exact) mass is 155 g/mol. The molecular weight excluding hydrogens is 138 g/mol. The predicted molar refractivity (Wildman–Crippen MR) is 48.1 cm³/mol. The topological polar surface area (TPSA) is 29.4 Å². The van der Waals surface area contributed by atoms with Gasteiger partial charge in [0.05, 0.1) is 6.21 Å². The molecule has 0 bridgehead atoms. The lowest BCUT2D eigenvalue weighted by atomic mass is 10.1. The van der Waals surface area contributed by atoms with E-state index in [-0.39, 0.29) is 11.8 Å². The third-order valence-corrected chi connectivity index (χ3v) is 1.13. The fourth-order valence-corrected chi connectivity index (χ4v) is 0.687. The molecule has 11 heavy (non-hydrogen) atoms. The maximum absolute atomic E-state index is 11.0. The lowest BCUT2D eigenvalue weighted by Gasteiger charge is -1.98. The van der Waals surface area contributed by atoms with Crippen LogP contribution in [0.2, 0.25) is 0 Å². The molecule has 0 aliphatic heterocycles. The molecule has 0 N–H and O–H groups in total. The van der Waals surface area contributed by atoms with Gasteiger partial charge in [0.1, 0.15) is 0 Å². The van der Waals surface area contributed by atoms with E-state index < -0.39 is 0 Å². The average Bonchev–Trinajstić information content (AvgIpc) is 1.82. The molecule has 0 spiro atoms. The number of aliphatic imine (C=N–C) groups is 1. The van der Waals surface area contributed by atoms with Gasteiger partial charge in [-0.05, 0) is 19.8 Å². The second-order valence-corrected chi connectivity index (χ2v) is 3.44. The molecule has 0 saturated heterocycles. The molecule has 0 radical (unpaired) electrons. The second-order valence-electron chi connectivity index (χ2n) is 3.44. The van der Waals surface area contributed by atoms with Gasteiger partial charge in [0.25, 0.3) is 0 Å². The summed E-state index contributed by atoms with van der Waals surface area (Å²) < 4.78 is 0. The summed E-state index contributed by atoms with van der Waals surface area (Å²) in [5.74, 6) is 0.565. The van der Waals surface area contributed by atoms with Crippen LogP contribution in [0.5, 0.6) is 0 Å². The summed E-state index contributed by atoms with van der Waals surface area (Å²) in [7, 11) is 0. The molecule has 2 heteroatoms. The van der Waals surface area contributed by atoms with Crippen LogP contribution < -0.4 is 0 Å². The van der Waals surface area contributed by atoms with Gasteiger partial charge in [0.2, 0.25) is 0 Å². The summed E-state index contributed by atoms with van der Waals surface area (Å²) in [5.41, 5.74) is 0. The molecule has 0 aromatic carbocycles. The van der Waals surface area contributed by atoms with E-state index in [4.69, 9.17) is 0 Å². The Morgan fingerprint density at radius 1 is 1.36 bits per heavy atom. The van der Waals surface area contributed by atoms with Crippen LogP contribution in [0.3, 0.4) is 0 Å². The van der Waals surface area contributed by atoms with Crippen molar-refractivity contribution in [3.63, 3.8) is 0 Å². The zero-order valence-electron chi connectivity index (χ0n) is 7.79. The van der Waals surface area contributed by atoms with Gasteiger partial charge in [-0.2, -0.15) is 0 Å². The number of ketones is 1. The first kappa shape index (κ1) is 10.3. The molecule has 0 amide bonds. The maximum Gasteiger partial charge on any atom is 0.173 e. The minimum absolute atomic E-state index is 0.133. The summed E-state index contributed by atoms with van der Waals surface area (Å²) in [6.07, 6.45) is 2.06. The van der Waals surface area contributed by atoms with E-state index in [1.165, 1.54) is 6.21 Å². The highest BCUT2D eigenvalue weighted by atomic mass is 16.1. The van der Waals surface area contributed by atoms with Gasteiger partial charge in [-0.15, -0.1) is 0 Å². The van der Waals surface area contributed by atoms with Gasteiger partial charge in [0, 0.05) is 12.5 Å². The van der Waals surface area contributed by atoms with Crippen molar-refractivity contribution in [3.05, 3.63) is 0 Å². The lowest BCUT2D eigenvalue weighted by molar-refractivity contribution is -0.113. The van der Waals surface area contributed by atoms with Crippen LogP contribution in [-0.2, 0) is 4.79 Å². The largest absolute Gasteiger partial charge is 0.293 e. The molecule has 0 fully saturated rings. The van der Waals surface area contributed by atoms with Crippen LogP contribution in [0.4, 0.5) is 0 Å². The Balaban J connectivity index is 3.69. The number of hydrogen-bond donors (Lipinski definition) is 0. The summed E-state index contributed by atoms with van der Waals surface area (Å²) in [6.45, 7) is 7.97. The summed E-state index contributed by atoms with van der Waals surface area (Å²) in [4.78, 5) is 15.0. The zero-order chi connectivity index (χ0) is 8.85. The van der Waals surface area contributed by atoms with Crippen molar-refractivity contribution in [1.82, 2.24) is 0 Å². The first-order chi connectivity index (χ1) is 5.02. The highest BCUT2D eigenvalue weighted by Gasteiger charge is 2.00. The number of carbonyl (C=O) groups is 1. The molecule has 0 heterocycles. The van der Waals surface area contributed by atoms with E-state index in [0.29, 0.717) is 12.3 Å². The quantitative estimate of drug-likeness (QED) is 0.571. The molecule has 0 atom stereocenters. The first-order valence-electron chi connectivity index (χ1n) is 4.08. The van der Waals surface area contributed by atoms with Crippen molar-refractivity contribution in [2.24, 2.45) is 10.9 Å². The second kappa shape index (κ2) is 5.05. The Kier molecular flexibility index (Phi) is 4.75. The van der Waals surface area contributed by atoms with E-state index in [2.05, 4.69) is 4.99 Å². The van der Waals surface area contributed by atoms with Gasteiger partial charge in [0.15, 0.2) is 5.78 Å². The van der Waals surface area contributed by atoms with E-state index in [0.717, 1.165) is 0 Å². The number of Topliss-reactive ketones (excluding diaryl/α,β-unsaturated/α-hetero) is 1. The maximum atomic E-state index is 11.0. The standard InChI is InChI=1S/C9H17NO/c1-7(2)5-9(11)6-10-8(3)4/h6-8H,5H2,1-4H3. The molecule has 0 aliphatic rings. The van der Waals surface area contributed by atoms with Crippen LogP contribution in [0.1, 0.15) is 34.1 Å². The SMILES string of the molecule is CC(C)CC(=O)C=NC(C)C. The summed E-state index contributed by atoms with van der Waals surface area (Å²) >= 11 is 0. The summed E-state index contributed by atoms with van der Waals surface area (Å²) in [6, 6.07) is 0.228. The van der Waals surface area contributed by atoms with Crippen molar-refractivity contribution < 1.29 is 4.79 Å². The Bertz CT molecular complexity index is 148. The fourth-order valence-electron chi connectivity index (χ4n) is 0.687. The number of carbonyl (C=O) groups excluding carboxylic acids is 1. The molecule has 0 aromatic rings. The van der Waals surface area contributed by atoms with E-state index in [1.807, 2.05) is 27.7 Å². The van der Waals surface area contributed by atoms with Crippen LogP contribution in [0.25, 0.3) is 0 Å². The van der Waals surface area contributed by atoms with Gasteiger partial charge < -0.3 is 0 Å². The normalized spacial score (nSPS) is 11.8. The van der Waals surface area contributed by atoms with Crippen LogP contribution >= 0.6 is 0 Å². The molecule has 0 rings (SSSR count). The van der Waals surface area contributed by atoms with Crippen molar-refractivity contribution in [2.45, 2.75) is 40.2 Å². The molecule has 0 unspecified atom stereocenters. The van der Waals surface area contributed by atoms with Gasteiger partial charge >= 0.3 is 0 Å². The van der Waals surface area contributed by atoms with Crippen molar-refractivity contribution in [2.75, 3.05) is 0 Å². The molecule has 0 aliphatic carbocycles. The Labute approximate surface area is 68.7 Å². The highest BCUT2D eigenvalue weighted by molar-refractivity contribution is 6.27. The van der Waals surface area contributed by atoms with Gasteiger partial charge in [-0.3, -0.25) is 9.79 Å². The predicted octanol–water partition coefficient (Wildman–Crippen LogP) is 2.08. The van der Waals surface area contributed by atoms with Gasteiger partial charge in [-0.1, -0.05) is 13.8 Å². The minimum atomic E-state index is 0.133. The number of rotatable bonds is 4. The fraction of sp³-hybridized carbons (Fsp3) is 0.778. The van der Waals surface area contributed by atoms with Gasteiger partial charge in [-0.25, -0.2) is 0 Å². The Hall–Kier alpha value is -0.660. The van der Waals surface area contributed by atoms with E-state index in [1.54, 1.807) is 0 Å². The molecule has 0 aromatic heterocycles. The number of nitrogens with zero attached hydrogens (tertiary/aromatic N) is 1. The summed E-state index contributed by atoms with van der Waals surface area (Å²) in [5, 5.41) is 0. The van der Waals surface area contributed by atoms with Crippen LogP contribution in [-0.4, -0.2) is 18.0 Å².